The van der Waals surface area contributed by atoms with E-state index in [1.807, 2.05) is 31.2 Å². The van der Waals surface area contributed by atoms with Crippen molar-refractivity contribution in [3.8, 4) is 0 Å². The molecule has 7 heteroatoms. The van der Waals surface area contributed by atoms with Crippen LogP contribution in [0.3, 0.4) is 0 Å². The lowest BCUT2D eigenvalue weighted by Gasteiger charge is -2.31. The van der Waals surface area contributed by atoms with Gasteiger partial charge in [-0.15, -0.1) is 0 Å². The molecular formula is C24H29Cl3N2O2. The Bertz CT molecular complexity index is 889. The maximum Gasteiger partial charge on any atom is 0.242 e. The summed E-state index contributed by atoms with van der Waals surface area (Å²) in [5.74, 6) is -0.268. The van der Waals surface area contributed by atoms with Crippen LogP contribution in [0.25, 0.3) is 0 Å². The predicted octanol–water partition coefficient (Wildman–Crippen LogP) is 6.30. The molecule has 0 aliphatic heterocycles. The Labute approximate surface area is 199 Å². The van der Waals surface area contributed by atoms with Gasteiger partial charge in [0.1, 0.15) is 6.04 Å². The first-order chi connectivity index (χ1) is 14.9. The largest absolute Gasteiger partial charge is 0.354 e. The summed E-state index contributed by atoms with van der Waals surface area (Å²) < 4.78 is 0. The van der Waals surface area contributed by atoms with Crippen LogP contribution in [0, 0.1) is 0 Å². The molecule has 0 unspecified atom stereocenters. The number of amides is 2. The molecule has 31 heavy (non-hydrogen) atoms. The van der Waals surface area contributed by atoms with Gasteiger partial charge in [0.05, 0.1) is 0 Å². The van der Waals surface area contributed by atoms with Crippen molar-refractivity contribution in [1.29, 1.82) is 0 Å². The van der Waals surface area contributed by atoms with Crippen molar-refractivity contribution in [2.45, 2.75) is 58.5 Å². The SMILES string of the molecule is CCCCNC(=O)[C@@H](CC)N(Cc1ccc(Cl)cc1Cl)C(=O)CCc1ccccc1Cl. The quantitative estimate of drug-likeness (QED) is 0.381. The second-order valence-corrected chi connectivity index (χ2v) is 8.67. The highest BCUT2D eigenvalue weighted by Gasteiger charge is 2.28. The summed E-state index contributed by atoms with van der Waals surface area (Å²) in [5.41, 5.74) is 1.65. The first-order valence-corrected chi connectivity index (χ1v) is 11.7. The Morgan fingerprint density at radius 2 is 1.74 bits per heavy atom. The van der Waals surface area contributed by atoms with Crippen molar-refractivity contribution in [3.63, 3.8) is 0 Å². The molecule has 1 atom stereocenters. The molecule has 0 heterocycles. The number of hydrogen-bond donors (Lipinski definition) is 1. The van der Waals surface area contributed by atoms with Crippen LogP contribution in [0.15, 0.2) is 42.5 Å². The Morgan fingerprint density at radius 1 is 1.00 bits per heavy atom. The Balaban J connectivity index is 2.23. The minimum Gasteiger partial charge on any atom is -0.354 e. The van der Waals surface area contributed by atoms with Crippen LogP contribution >= 0.6 is 34.8 Å². The number of nitrogens with one attached hydrogen (secondary N) is 1. The first kappa shape index (κ1) is 25.5. The van der Waals surface area contributed by atoms with Crippen molar-refractivity contribution >= 4 is 46.6 Å². The average Bonchev–Trinajstić information content (AvgIpc) is 2.74. The Morgan fingerprint density at radius 3 is 2.39 bits per heavy atom. The monoisotopic (exact) mass is 482 g/mol. The molecule has 4 nitrogen and oxygen atoms in total. The molecule has 2 amide bonds. The van der Waals surface area contributed by atoms with Gasteiger partial charge in [-0.1, -0.05) is 79.3 Å². The lowest BCUT2D eigenvalue weighted by atomic mass is 10.1. The summed E-state index contributed by atoms with van der Waals surface area (Å²) in [6, 6.07) is 12.1. The Hall–Kier alpha value is -1.75. The molecular weight excluding hydrogens is 455 g/mol. The van der Waals surface area contributed by atoms with E-state index in [0.29, 0.717) is 34.5 Å². The van der Waals surface area contributed by atoms with Gasteiger partial charge in [0, 0.05) is 34.6 Å². The molecule has 2 aromatic carbocycles. The molecule has 0 bridgehead atoms. The van der Waals surface area contributed by atoms with Gasteiger partial charge >= 0.3 is 0 Å². The van der Waals surface area contributed by atoms with Gasteiger partial charge in [-0.2, -0.15) is 0 Å². The highest BCUT2D eigenvalue weighted by molar-refractivity contribution is 6.35. The van der Waals surface area contributed by atoms with Gasteiger partial charge in [-0.05, 0) is 48.6 Å². The van der Waals surface area contributed by atoms with Crippen LogP contribution in [0.1, 0.15) is 50.7 Å². The van der Waals surface area contributed by atoms with Gasteiger partial charge in [0.25, 0.3) is 0 Å². The zero-order chi connectivity index (χ0) is 22.8. The van der Waals surface area contributed by atoms with Gasteiger partial charge in [0.2, 0.25) is 11.8 Å². The van der Waals surface area contributed by atoms with E-state index >= 15 is 0 Å². The van der Waals surface area contributed by atoms with E-state index in [-0.39, 0.29) is 24.8 Å². The molecule has 168 valence electrons. The summed E-state index contributed by atoms with van der Waals surface area (Å²) in [5, 5.41) is 4.58. The highest BCUT2D eigenvalue weighted by atomic mass is 35.5. The number of unbranched alkanes of at least 4 members (excludes halogenated alkanes) is 1. The molecule has 1 N–H and O–H groups in total. The van der Waals surface area contributed by atoms with Crippen LogP contribution < -0.4 is 5.32 Å². The zero-order valence-corrected chi connectivity index (χ0v) is 20.2. The van der Waals surface area contributed by atoms with E-state index in [1.54, 1.807) is 23.1 Å². The number of halogens is 3. The van der Waals surface area contributed by atoms with Crippen LogP contribution in [0.4, 0.5) is 0 Å². The number of hydrogen-bond acceptors (Lipinski definition) is 2. The molecule has 0 fully saturated rings. The smallest absolute Gasteiger partial charge is 0.242 e. The molecule has 2 aromatic rings. The number of carbonyl (C=O) groups is 2. The molecule has 0 aliphatic rings. The van der Waals surface area contributed by atoms with Gasteiger partial charge in [0.15, 0.2) is 0 Å². The van der Waals surface area contributed by atoms with Gasteiger partial charge in [-0.25, -0.2) is 0 Å². The zero-order valence-electron chi connectivity index (χ0n) is 18.0. The molecule has 0 aliphatic carbocycles. The number of rotatable bonds is 11. The van der Waals surface area contributed by atoms with Crippen LogP contribution in [-0.4, -0.2) is 29.3 Å². The van der Waals surface area contributed by atoms with E-state index in [4.69, 9.17) is 34.8 Å². The summed E-state index contributed by atoms with van der Waals surface area (Å²) >= 11 is 18.6. The third-order valence-electron chi connectivity index (χ3n) is 5.14. The average molecular weight is 484 g/mol. The third-order valence-corrected chi connectivity index (χ3v) is 6.09. The normalized spacial score (nSPS) is 11.8. The van der Waals surface area contributed by atoms with Gasteiger partial charge in [-0.3, -0.25) is 9.59 Å². The van der Waals surface area contributed by atoms with Crippen LogP contribution in [0.5, 0.6) is 0 Å². The number of carbonyl (C=O) groups excluding carboxylic acids is 2. The van der Waals surface area contributed by atoms with E-state index in [9.17, 15) is 9.59 Å². The lowest BCUT2D eigenvalue weighted by molar-refractivity contribution is -0.141. The predicted molar refractivity (Wildman–Crippen MR) is 129 cm³/mol. The third kappa shape index (κ3) is 7.71. The van der Waals surface area contributed by atoms with E-state index in [1.165, 1.54) is 0 Å². The van der Waals surface area contributed by atoms with E-state index in [2.05, 4.69) is 12.2 Å². The molecule has 0 saturated carbocycles. The maximum absolute atomic E-state index is 13.3. The fourth-order valence-corrected chi connectivity index (χ4v) is 4.04. The summed E-state index contributed by atoms with van der Waals surface area (Å²) in [4.78, 5) is 27.8. The molecule has 0 radical (unpaired) electrons. The van der Waals surface area contributed by atoms with E-state index in [0.717, 1.165) is 24.0 Å². The standard InChI is InChI=1S/C24H29Cl3N2O2/c1-3-5-14-28-24(31)22(4-2)29(16-18-10-12-19(25)15-21(18)27)23(30)13-11-17-8-6-7-9-20(17)26/h6-10,12,15,22H,3-5,11,13-14,16H2,1-2H3,(H,28,31)/t22-/m1/s1. The molecule has 0 aromatic heterocycles. The number of aryl methyl sites for hydroxylation is 1. The Kier molecular flexibility index (Phi) is 10.7. The second-order valence-electron chi connectivity index (χ2n) is 7.42. The maximum atomic E-state index is 13.3. The van der Waals surface area contributed by atoms with Gasteiger partial charge < -0.3 is 10.2 Å². The summed E-state index contributed by atoms with van der Waals surface area (Å²) in [7, 11) is 0. The lowest BCUT2D eigenvalue weighted by Crippen LogP contribution is -2.49. The van der Waals surface area contributed by atoms with Crippen molar-refractivity contribution in [2.75, 3.05) is 6.54 Å². The minimum atomic E-state index is -0.581. The second kappa shape index (κ2) is 12.9. The highest BCUT2D eigenvalue weighted by Crippen LogP contribution is 2.25. The van der Waals surface area contributed by atoms with Crippen molar-refractivity contribution in [1.82, 2.24) is 10.2 Å². The molecule has 0 spiro atoms. The first-order valence-electron chi connectivity index (χ1n) is 10.6. The summed E-state index contributed by atoms with van der Waals surface area (Å²) in [6.45, 7) is 4.80. The van der Waals surface area contributed by atoms with Crippen LogP contribution in [-0.2, 0) is 22.6 Å². The summed E-state index contributed by atoms with van der Waals surface area (Å²) in [6.07, 6.45) is 3.12. The van der Waals surface area contributed by atoms with Crippen molar-refractivity contribution in [2.24, 2.45) is 0 Å². The fraction of sp³-hybridized carbons (Fsp3) is 0.417. The van der Waals surface area contributed by atoms with E-state index < -0.39 is 6.04 Å². The number of nitrogens with zero attached hydrogens (tertiary/aromatic N) is 1. The van der Waals surface area contributed by atoms with Crippen LogP contribution in [0.2, 0.25) is 15.1 Å². The van der Waals surface area contributed by atoms with Crippen molar-refractivity contribution in [3.05, 3.63) is 68.7 Å². The fourth-order valence-electron chi connectivity index (χ4n) is 3.35. The molecule has 2 rings (SSSR count). The topological polar surface area (TPSA) is 49.4 Å². The molecule has 0 saturated heterocycles. The minimum absolute atomic E-state index is 0.122. The van der Waals surface area contributed by atoms with Crippen molar-refractivity contribution < 1.29 is 9.59 Å². The number of benzene rings is 2.